The molecule has 1 N–H and O–H groups in total. The van der Waals surface area contributed by atoms with Crippen LogP contribution in [0.5, 0.6) is 0 Å². The first-order valence-electron chi connectivity index (χ1n) is 9.23. The van der Waals surface area contributed by atoms with E-state index in [1.165, 1.54) is 22.5 Å². The summed E-state index contributed by atoms with van der Waals surface area (Å²) < 4.78 is 40.3. The molecule has 0 unspecified atom stereocenters. The van der Waals surface area contributed by atoms with E-state index in [4.69, 9.17) is 0 Å². The fourth-order valence-corrected chi connectivity index (χ4v) is 4.41. The summed E-state index contributed by atoms with van der Waals surface area (Å²) in [5, 5.41) is 2.75. The third-order valence-corrected chi connectivity index (χ3v) is 6.37. The molecule has 0 atom stereocenters. The normalized spacial score (nSPS) is 15.6. The first kappa shape index (κ1) is 22.3. The highest BCUT2D eigenvalue weighted by atomic mass is 32.2. The molecule has 1 saturated heterocycles. The molecule has 156 valence electrons. The predicted octanol–water partition coefficient (Wildman–Crippen LogP) is 0.117. The summed E-state index contributed by atoms with van der Waals surface area (Å²) in [6.45, 7) is 3.39. The topological polar surface area (TPSA) is 90.0 Å². The van der Waals surface area contributed by atoms with E-state index in [0.717, 1.165) is 12.5 Å². The molecule has 0 spiro atoms. The van der Waals surface area contributed by atoms with Crippen LogP contribution in [0.25, 0.3) is 0 Å². The Morgan fingerprint density at radius 1 is 1.14 bits per heavy atom. The van der Waals surface area contributed by atoms with E-state index in [2.05, 4.69) is 5.32 Å². The molecule has 1 aromatic carbocycles. The number of nitrogens with zero attached hydrogens (tertiary/aromatic N) is 3. The molecule has 1 aliphatic rings. The molecule has 0 aromatic heterocycles. The maximum atomic E-state index is 13.9. The van der Waals surface area contributed by atoms with E-state index < -0.39 is 15.8 Å². The summed E-state index contributed by atoms with van der Waals surface area (Å²) >= 11 is 0. The van der Waals surface area contributed by atoms with E-state index in [0.29, 0.717) is 6.54 Å². The maximum absolute atomic E-state index is 13.9. The molecule has 0 radical (unpaired) electrons. The minimum Gasteiger partial charge on any atom is -0.355 e. The first-order valence-corrected chi connectivity index (χ1v) is 10.7. The van der Waals surface area contributed by atoms with Gasteiger partial charge in [0.25, 0.3) is 0 Å². The predicted molar refractivity (Wildman–Crippen MR) is 103 cm³/mol. The lowest BCUT2D eigenvalue weighted by Crippen LogP contribution is -2.52. The summed E-state index contributed by atoms with van der Waals surface area (Å²) in [5.74, 6) is -1.10. The number of piperazine rings is 1. The van der Waals surface area contributed by atoms with Gasteiger partial charge in [-0.05, 0) is 25.6 Å². The zero-order chi connectivity index (χ0) is 20.7. The number of hydrogen-bond donors (Lipinski definition) is 1. The quantitative estimate of drug-likeness (QED) is 0.653. The lowest BCUT2D eigenvalue weighted by Gasteiger charge is -2.34. The minimum atomic E-state index is -3.93. The van der Waals surface area contributed by atoms with Gasteiger partial charge in [-0.25, -0.2) is 12.8 Å². The number of benzene rings is 1. The number of hydrogen-bond acceptors (Lipinski definition) is 5. The van der Waals surface area contributed by atoms with Gasteiger partial charge in [-0.2, -0.15) is 4.31 Å². The number of halogens is 1. The first-order chi connectivity index (χ1) is 13.3. The minimum absolute atomic E-state index is 0.0691. The number of nitrogens with one attached hydrogen (secondary N) is 1. The largest absolute Gasteiger partial charge is 0.355 e. The maximum Gasteiger partial charge on any atom is 0.246 e. The van der Waals surface area contributed by atoms with Gasteiger partial charge in [0, 0.05) is 32.7 Å². The average Bonchev–Trinajstić information content (AvgIpc) is 2.66. The summed E-state index contributed by atoms with van der Waals surface area (Å²) in [6.07, 6.45) is 0.842. The molecule has 1 aromatic rings. The summed E-state index contributed by atoms with van der Waals surface area (Å²) in [5.41, 5.74) is 0. The lowest BCUT2D eigenvalue weighted by molar-refractivity contribution is -0.133. The molecular weight excluding hydrogens is 387 g/mol. The van der Waals surface area contributed by atoms with Gasteiger partial charge in [-0.3, -0.25) is 14.5 Å². The lowest BCUT2D eigenvalue weighted by atomic mass is 10.3. The second-order valence-corrected chi connectivity index (χ2v) is 8.64. The van der Waals surface area contributed by atoms with Crippen molar-refractivity contribution in [3.05, 3.63) is 30.1 Å². The van der Waals surface area contributed by atoms with E-state index in [1.54, 1.807) is 16.8 Å². The molecule has 28 heavy (non-hydrogen) atoms. The smallest absolute Gasteiger partial charge is 0.246 e. The number of sulfonamides is 1. The Hall–Kier alpha value is -2.04. The van der Waals surface area contributed by atoms with Crippen LogP contribution in [0.1, 0.15) is 13.3 Å². The number of carbonyl (C=O) groups excluding carboxylic acids is 2. The molecule has 0 saturated carbocycles. The van der Waals surface area contributed by atoms with E-state index in [9.17, 15) is 22.4 Å². The van der Waals surface area contributed by atoms with E-state index >= 15 is 0 Å². The second-order valence-electron chi connectivity index (χ2n) is 6.74. The van der Waals surface area contributed by atoms with Crippen molar-refractivity contribution in [1.82, 2.24) is 19.4 Å². The van der Waals surface area contributed by atoms with Gasteiger partial charge in [0.15, 0.2) is 0 Å². The molecule has 0 bridgehead atoms. The number of amides is 2. The van der Waals surface area contributed by atoms with Crippen molar-refractivity contribution in [1.29, 1.82) is 0 Å². The van der Waals surface area contributed by atoms with Crippen LogP contribution in [0.15, 0.2) is 29.2 Å². The van der Waals surface area contributed by atoms with Gasteiger partial charge >= 0.3 is 0 Å². The van der Waals surface area contributed by atoms with Gasteiger partial charge in [0.2, 0.25) is 21.8 Å². The average molecular weight is 415 g/mol. The highest BCUT2D eigenvalue weighted by Crippen LogP contribution is 2.20. The Kier molecular flexibility index (Phi) is 7.90. The number of rotatable bonds is 8. The van der Waals surface area contributed by atoms with Crippen LogP contribution in [-0.2, 0) is 19.6 Å². The van der Waals surface area contributed by atoms with Crippen LogP contribution in [-0.4, -0.2) is 87.2 Å². The molecule has 2 amide bonds. The van der Waals surface area contributed by atoms with Gasteiger partial charge in [0.1, 0.15) is 10.7 Å². The van der Waals surface area contributed by atoms with Crippen LogP contribution in [0, 0.1) is 5.82 Å². The Bertz CT molecular complexity index is 795. The molecule has 2 rings (SSSR count). The fraction of sp³-hybridized carbons (Fsp3) is 0.556. The summed E-state index contributed by atoms with van der Waals surface area (Å²) in [4.78, 5) is 26.9. The van der Waals surface area contributed by atoms with Gasteiger partial charge in [0.05, 0.1) is 13.1 Å². The Labute approximate surface area is 165 Å². The molecule has 10 heteroatoms. The standard InChI is InChI=1S/C18H27FN4O4S/c1-3-8-20-17(24)13-21(2)14-18(25)22-9-11-23(12-10-22)28(26,27)16-7-5-4-6-15(16)19/h4-7H,3,8-14H2,1-2H3,(H,20,24). The highest BCUT2D eigenvalue weighted by Gasteiger charge is 2.31. The van der Waals surface area contributed by atoms with E-state index in [1.807, 2.05) is 6.92 Å². The fourth-order valence-electron chi connectivity index (χ4n) is 2.92. The monoisotopic (exact) mass is 414 g/mol. The SMILES string of the molecule is CCCNC(=O)CN(C)CC(=O)N1CCN(S(=O)(=O)c2ccccc2F)CC1. The Morgan fingerprint density at radius 2 is 1.79 bits per heavy atom. The second kappa shape index (κ2) is 9.94. The molecule has 1 heterocycles. The van der Waals surface area contributed by atoms with Crippen molar-refractivity contribution in [2.45, 2.75) is 18.2 Å². The van der Waals surface area contributed by atoms with Gasteiger partial charge < -0.3 is 10.2 Å². The molecular formula is C18H27FN4O4S. The van der Waals surface area contributed by atoms with E-state index in [-0.39, 0.29) is 56.0 Å². The molecule has 8 nitrogen and oxygen atoms in total. The third-order valence-electron chi connectivity index (χ3n) is 4.44. The number of carbonyl (C=O) groups is 2. The molecule has 1 fully saturated rings. The third kappa shape index (κ3) is 5.73. The zero-order valence-corrected chi connectivity index (χ0v) is 17.0. The van der Waals surface area contributed by atoms with Crippen molar-refractivity contribution >= 4 is 21.8 Å². The molecule has 1 aliphatic heterocycles. The summed E-state index contributed by atoms with van der Waals surface area (Å²) in [6, 6.07) is 5.26. The zero-order valence-electron chi connectivity index (χ0n) is 16.2. The van der Waals surface area contributed by atoms with Crippen LogP contribution in [0.2, 0.25) is 0 Å². The van der Waals surface area contributed by atoms with Crippen molar-refractivity contribution < 1.29 is 22.4 Å². The van der Waals surface area contributed by atoms with Crippen molar-refractivity contribution in [3.63, 3.8) is 0 Å². The van der Waals surface area contributed by atoms with Crippen molar-refractivity contribution in [2.24, 2.45) is 0 Å². The van der Waals surface area contributed by atoms with Crippen LogP contribution >= 0.6 is 0 Å². The van der Waals surface area contributed by atoms with Crippen molar-refractivity contribution in [2.75, 3.05) is 52.9 Å². The number of likely N-dealkylation sites (N-methyl/N-ethyl adjacent to an activating group) is 1. The summed E-state index contributed by atoms with van der Waals surface area (Å²) in [7, 11) is -2.25. The van der Waals surface area contributed by atoms with Crippen LogP contribution < -0.4 is 5.32 Å². The Morgan fingerprint density at radius 3 is 2.39 bits per heavy atom. The van der Waals surface area contributed by atoms with Gasteiger partial charge in [-0.1, -0.05) is 19.1 Å². The molecule has 0 aliphatic carbocycles. The van der Waals surface area contributed by atoms with Crippen molar-refractivity contribution in [3.8, 4) is 0 Å². The van der Waals surface area contributed by atoms with Gasteiger partial charge in [-0.15, -0.1) is 0 Å². The Balaban J connectivity index is 1.87. The van der Waals surface area contributed by atoms with Crippen LogP contribution in [0.3, 0.4) is 0 Å². The highest BCUT2D eigenvalue weighted by molar-refractivity contribution is 7.89. The van der Waals surface area contributed by atoms with Crippen LogP contribution in [0.4, 0.5) is 4.39 Å².